The van der Waals surface area contributed by atoms with E-state index in [1.54, 1.807) is 11.8 Å². The van der Waals surface area contributed by atoms with Gasteiger partial charge >= 0.3 is 0 Å². The molecule has 1 N–H and O–H groups in total. The maximum absolute atomic E-state index is 12.2. The Balaban J connectivity index is 1.71. The molecule has 0 fully saturated rings. The van der Waals surface area contributed by atoms with Crippen LogP contribution in [0, 0.1) is 0 Å². The Bertz CT molecular complexity index is 1020. The standard InChI is InChI=1S/C21H19NO2S/c1-25-17-8-4-7-16(12-17)22-19-18(20(23)21(19)24)15-10-9-13-5-2-3-6-14(13)11-15/h4,7-12,22H,2-3,5-6H2,1H3. The van der Waals surface area contributed by atoms with E-state index in [4.69, 9.17) is 0 Å². The largest absolute Gasteiger partial charge is 0.352 e. The number of nitrogens with one attached hydrogen (secondary N) is 1. The maximum Gasteiger partial charge on any atom is 0.250 e. The molecule has 1 aliphatic carbocycles. The predicted octanol–water partition coefficient (Wildman–Crippen LogP) is 4.29. The van der Waals surface area contributed by atoms with Crippen LogP contribution in [-0.2, 0) is 12.8 Å². The summed E-state index contributed by atoms with van der Waals surface area (Å²) in [6.45, 7) is 0. The predicted molar refractivity (Wildman–Crippen MR) is 105 cm³/mol. The van der Waals surface area contributed by atoms with Crippen molar-refractivity contribution in [1.82, 2.24) is 0 Å². The molecule has 0 atom stereocenters. The van der Waals surface area contributed by atoms with Crippen LogP contribution in [0.25, 0.3) is 11.1 Å². The smallest absolute Gasteiger partial charge is 0.250 e. The summed E-state index contributed by atoms with van der Waals surface area (Å²) in [6, 6.07) is 14.0. The number of anilines is 2. The average Bonchev–Trinajstić information content (AvgIpc) is 2.67. The second-order valence-corrected chi connectivity index (χ2v) is 7.34. The summed E-state index contributed by atoms with van der Waals surface area (Å²) in [5.41, 5.74) is 4.49. The molecule has 0 aromatic heterocycles. The topological polar surface area (TPSA) is 46.2 Å². The molecule has 25 heavy (non-hydrogen) atoms. The number of rotatable bonds is 4. The van der Waals surface area contributed by atoms with Gasteiger partial charge < -0.3 is 5.32 Å². The van der Waals surface area contributed by atoms with Crippen LogP contribution >= 0.6 is 11.8 Å². The fourth-order valence-electron chi connectivity index (χ4n) is 3.52. The number of hydrogen-bond acceptors (Lipinski definition) is 4. The minimum Gasteiger partial charge on any atom is -0.352 e. The molecule has 0 amide bonds. The highest BCUT2D eigenvalue weighted by Gasteiger charge is 2.23. The van der Waals surface area contributed by atoms with Gasteiger partial charge in [-0.1, -0.05) is 24.3 Å². The number of aryl methyl sites for hydroxylation is 2. The normalized spacial score (nSPS) is 13.6. The Hall–Kier alpha value is -2.33. The van der Waals surface area contributed by atoms with E-state index in [0.29, 0.717) is 11.3 Å². The second-order valence-electron chi connectivity index (χ2n) is 6.46. The zero-order chi connectivity index (χ0) is 17.4. The number of benzene rings is 2. The first-order valence-electron chi connectivity index (χ1n) is 8.54. The zero-order valence-corrected chi connectivity index (χ0v) is 14.9. The molecule has 0 saturated heterocycles. The fourth-order valence-corrected chi connectivity index (χ4v) is 3.98. The van der Waals surface area contributed by atoms with Gasteiger partial charge in [-0.25, -0.2) is 0 Å². The first-order chi connectivity index (χ1) is 12.2. The van der Waals surface area contributed by atoms with E-state index in [1.807, 2.05) is 36.6 Å². The summed E-state index contributed by atoms with van der Waals surface area (Å²) in [5.74, 6) is 0. The number of hydrogen-bond donors (Lipinski definition) is 1. The van der Waals surface area contributed by atoms with Gasteiger partial charge in [-0.2, -0.15) is 0 Å². The van der Waals surface area contributed by atoms with Gasteiger partial charge in [0.1, 0.15) is 5.69 Å². The van der Waals surface area contributed by atoms with Crippen molar-refractivity contribution in [3.8, 4) is 11.1 Å². The SMILES string of the molecule is CSc1cccc(Nc2c(-c3ccc4c(c3)CCCC4)c(=O)c2=O)c1. The summed E-state index contributed by atoms with van der Waals surface area (Å²) < 4.78 is 0. The lowest BCUT2D eigenvalue weighted by Crippen LogP contribution is -2.35. The van der Waals surface area contributed by atoms with Crippen molar-refractivity contribution in [1.29, 1.82) is 0 Å². The molecule has 0 spiro atoms. The Kier molecular flexibility index (Phi) is 4.22. The van der Waals surface area contributed by atoms with Crippen LogP contribution in [0.2, 0.25) is 0 Å². The van der Waals surface area contributed by atoms with Crippen LogP contribution in [0.15, 0.2) is 56.9 Å². The average molecular weight is 349 g/mol. The molecule has 3 nitrogen and oxygen atoms in total. The molecule has 0 heterocycles. The fraction of sp³-hybridized carbons (Fsp3) is 0.238. The Morgan fingerprint density at radius 2 is 1.72 bits per heavy atom. The zero-order valence-electron chi connectivity index (χ0n) is 14.1. The van der Waals surface area contributed by atoms with Crippen LogP contribution in [0.4, 0.5) is 11.4 Å². The Labute approximate surface area is 150 Å². The lowest BCUT2D eigenvalue weighted by molar-refractivity contribution is 0.686. The lowest BCUT2D eigenvalue weighted by atomic mass is 9.88. The summed E-state index contributed by atoms with van der Waals surface area (Å²) in [4.78, 5) is 25.4. The Morgan fingerprint density at radius 1 is 0.920 bits per heavy atom. The number of fused-ring (bicyclic) bond motifs is 1. The van der Waals surface area contributed by atoms with Gasteiger partial charge in [-0.05, 0) is 66.8 Å². The summed E-state index contributed by atoms with van der Waals surface area (Å²) in [7, 11) is 0. The van der Waals surface area contributed by atoms with Crippen LogP contribution in [0.1, 0.15) is 24.0 Å². The van der Waals surface area contributed by atoms with Crippen molar-refractivity contribution >= 4 is 23.1 Å². The minimum atomic E-state index is -0.428. The molecule has 0 aliphatic heterocycles. The highest BCUT2D eigenvalue weighted by atomic mass is 32.2. The molecule has 0 unspecified atom stereocenters. The minimum absolute atomic E-state index is 0.390. The van der Waals surface area contributed by atoms with E-state index in [9.17, 15) is 9.59 Å². The Morgan fingerprint density at radius 3 is 2.52 bits per heavy atom. The van der Waals surface area contributed by atoms with Crippen molar-refractivity contribution in [3.05, 3.63) is 74.0 Å². The highest BCUT2D eigenvalue weighted by molar-refractivity contribution is 7.98. The molecule has 3 aromatic rings. The second kappa shape index (κ2) is 6.52. The molecular formula is C21H19NO2S. The van der Waals surface area contributed by atoms with E-state index in [2.05, 4.69) is 17.4 Å². The van der Waals surface area contributed by atoms with E-state index in [0.717, 1.165) is 29.0 Å². The molecule has 0 bridgehead atoms. The van der Waals surface area contributed by atoms with Crippen molar-refractivity contribution < 1.29 is 0 Å². The van der Waals surface area contributed by atoms with Crippen molar-refractivity contribution in [2.75, 3.05) is 11.6 Å². The van der Waals surface area contributed by atoms with Crippen molar-refractivity contribution in [2.24, 2.45) is 0 Å². The summed E-state index contributed by atoms with van der Waals surface area (Å²) in [5, 5.41) is 3.16. The third-order valence-corrected chi connectivity index (χ3v) is 5.61. The highest BCUT2D eigenvalue weighted by Crippen LogP contribution is 2.31. The molecule has 0 saturated carbocycles. The summed E-state index contributed by atoms with van der Waals surface area (Å²) >= 11 is 1.64. The van der Waals surface area contributed by atoms with Gasteiger partial charge in [0, 0.05) is 10.6 Å². The van der Waals surface area contributed by atoms with Gasteiger partial charge in [-0.3, -0.25) is 9.59 Å². The van der Waals surface area contributed by atoms with E-state index in [-0.39, 0.29) is 5.43 Å². The lowest BCUT2D eigenvalue weighted by Gasteiger charge is -2.18. The third-order valence-electron chi connectivity index (χ3n) is 4.89. The van der Waals surface area contributed by atoms with E-state index in [1.165, 1.54) is 24.0 Å². The van der Waals surface area contributed by atoms with Crippen LogP contribution in [0.5, 0.6) is 0 Å². The van der Waals surface area contributed by atoms with Gasteiger partial charge in [0.15, 0.2) is 0 Å². The molecule has 126 valence electrons. The summed E-state index contributed by atoms with van der Waals surface area (Å²) in [6.07, 6.45) is 6.58. The molecule has 3 aromatic carbocycles. The van der Waals surface area contributed by atoms with Crippen LogP contribution < -0.4 is 16.2 Å². The first kappa shape index (κ1) is 16.2. The first-order valence-corrected chi connectivity index (χ1v) is 9.76. The number of thioether (sulfide) groups is 1. The van der Waals surface area contributed by atoms with Gasteiger partial charge in [0.05, 0.1) is 5.56 Å². The van der Waals surface area contributed by atoms with Crippen molar-refractivity contribution in [3.63, 3.8) is 0 Å². The van der Waals surface area contributed by atoms with Crippen LogP contribution in [-0.4, -0.2) is 6.26 Å². The van der Waals surface area contributed by atoms with Crippen molar-refractivity contribution in [2.45, 2.75) is 30.6 Å². The van der Waals surface area contributed by atoms with Gasteiger partial charge in [0.2, 0.25) is 5.43 Å². The third kappa shape index (κ3) is 2.91. The molecule has 0 radical (unpaired) electrons. The molecular weight excluding hydrogens is 330 g/mol. The van der Waals surface area contributed by atoms with E-state index >= 15 is 0 Å². The molecule has 1 aliphatic rings. The van der Waals surface area contributed by atoms with Gasteiger partial charge in [-0.15, -0.1) is 11.8 Å². The van der Waals surface area contributed by atoms with Crippen LogP contribution in [0.3, 0.4) is 0 Å². The van der Waals surface area contributed by atoms with Gasteiger partial charge in [0.25, 0.3) is 5.43 Å². The molecule has 4 heteroatoms. The monoisotopic (exact) mass is 349 g/mol. The van der Waals surface area contributed by atoms with E-state index < -0.39 is 5.43 Å². The maximum atomic E-state index is 12.2. The molecule has 4 rings (SSSR count). The quantitative estimate of drug-likeness (QED) is 0.564.